The molecule has 0 atom stereocenters. The molecule has 0 saturated carbocycles. The van der Waals surface area contributed by atoms with Gasteiger partial charge in [-0.1, -0.05) is 34.8 Å². The molecular weight excluding hydrogens is 548 g/mol. The summed E-state index contributed by atoms with van der Waals surface area (Å²) in [5.74, 6) is 0.310. The number of sulfonamides is 1. The van der Waals surface area contributed by atoms with Gasteiger partial charge in [0.15, 0.2) is 0 Å². The number of benzene rings is 2. The zero-order valence-corrected chi connectivity index (χ0v) is 20.9. The summed E-state index contributed by atoms with van der Waals surface area (Å²) in [5, 5.41) is 0.294. The van der Waals surface area contributed by atoms with E-state index in [1.165, 1.54) is 18.2 Å². The smallest absolute Gasteiger partial charge is 0.368 e. The predicted molar refractivity (Wildman–Crippen MR) is 132 cm³/mol. The SMILES string of the molecule is O=S(=O)(Nc1ccc(N2CCN(c3ncc(C(F)(F)F)cc3Cl)CC2)cc1)c1ccc(Cl)cc1Cl. The Bertz CT molecular complexity index is 1330. The fourth-order valence-corrected chi connectivity index (χ4v) is 5.76. The number of halogens is 6. The average Bonchev–Trinajstić information content (AvgIpc) is 2.78. The molecule has 13 heteroatoms. The second-order valence-electron chi connectivity index (χ2n) is 7.73. The first-order valence-electron chi connectivity index (χ1n) is 10.2. The van der Waals surface area contributed by atoms with Crippen LogP contribution in [-0.2, 0) is 16.2 Å². The summed E-state index contributed by atoms with van der Waals surface area (Å²) >= 11 is 17.9. The molecule has 2 heterocycles. The zero-order chi connectivity index (χ0) is 25.4. The van der Waals surface area contributed by atoms with Gasteiger partial charge in [0, 0.05) is 48.8 Å². The summed E-state index contributed by atoms with van der Waals surface area (Å²) in [6.07, 6.45) is -3.72. The highest BCUT2D eigenvalue weighted by Crippen LogP contribution is 2.34. The highest BCUT2D eigenvalue weighted by Gasteiger charge is 2.32. The van der Waals surface area contributed by atoms with E-state index < -0.39 is 21.8 Å². The third-order valence-electron chi connectivity index (χ3n) is 5.40. The lowest BCUT2D eigenvalue weighted by atomic mass is 10.2. The molecule has 1 saturated heterocycles. The van der Waals surface area contributed by atoms with Crippen LogP contribution in [0.15, 0.2) is 59.6 Å². The highest BCUT2D eigenvalue weighted by molar-refractivity contribution is 7.92. The first-order chi connectivity index (χ1) is 16.4. The van der Waals surface area contributed by atoms with E-state index in [2.05, 4.69) is 14.6 Å². The lowest BCUT2D eigenvalue weighted by Gasteiger charge is -2.37. The molecule has 2 aromatic carbocycles. The Morgan fingerprint density at radius 2 is 1.49 bits per heavy atom. The van der Waals surface area contributed by atoms with Crippen molar-refractivity contribution in [1.29, 1.82) is 0 Å². The van der Waals surface area contributed by atoms with Crippen molar-refractivity contribution in [3.05, 3.63) is 75.4 Å². The van der Waals surface area contributed by atoms with Gasteiger partial charge >= 0.3 is 6.18 Å². The first kappa shape index (κ1) is 25.7. The molecule has 1 aromatic heterocycles. The van der Waals surface area contributed by atoms with Gasteiger partial charge in [-0.25, -0.2) is 13.4 Å². The van der Waals surface area contributed by atoms with Crippen LogP contribution in [-0.4, -0.2) is 39.6 Å². The summed E-state index contributed by atoms with van der Waals surface area (Å²) in [6, 6.07) is 11.8. The Hall–Kier alpha value is -2.40. The minimum absolute atomic E-state index is 0.0159. The Morgan fingerprint density at radius 1 is 0.857 bits per heavy atom. The van der Waals surface area contributed by atoms with Crippen molar-refractivity contribution >= 4 is 62.0 Å². The molecule has 0 unspecified atom stereocenters. The predicted octanol–water partition coefficient (Wildman–Crippen LogP) is 6.19. The van der Waals surface area contributed by atoms with Gasteiger partial charge in [-0.3, -0.25) is 4.72 Å². The minimum atomic E-state index is -4.50. The summed E-state index contributed by atoms with van der Waals surface area (Å²) in [6.45, 7) is 2.15. The van der Waals surface area contributed by atoms with Crippen LogP contribution in [0.1, 0.15) is 5.56 Å². The van der Waals surface area contributed by atoms with Crippen LogP contribution in [0, 0.1) is 0 Å². The molecule has 0 aliphatic carbocycles. The largest absolute Gasteiger partial charge is 0.417 e. The van der Waals surface area contributed by atoms with Gasteiger partial charge in [0.1, 0.15) is 10.7 Å². The summed E-state index contributed by atoms with van der Waals surface area (Å²) in [7, 11) is -3.90. The fourth-order valence-electron chi connectivity index (χ4n) is 3.64. The third-order valence-corrected chi connectivity index (χ3v) is 7.77. The number of piperazine rings is 1. The van der Waals surface area contributed by atoms with Crippen molar-refractivity contribution in [2.45, 2.75) is 11.1 Å². The molecule has 1 fully saturated rings. The van der Waals surface area contributed by atoms with Crippen LogP contribution >= 0.6 is 34.8 Å². The number of nitrogens with one attached hydrogen (secondary N) is 1. The van der Waals surface area contributed by atoms with E-state index >= 15 is 0 Å². The van der Waals surface area contributed by atoms with Gasteiger partial charge in [-0.05, 0) is 48.5 Å². The Balaban J connectivity index is 1.40. The minimum Gasteiger partial charge on any atom is -0.368 e. The molecule has 0 bridgehead atoms. The van der Waals surface area contributed by atoms with E-state index in [0.717, 1.165) is 18.0 Å². The first-order valence-corrected chi connectivity index (χ1v) is 12.9. The van der Waals surface area contributed by atoms with Crippen LogP contribution in [0.4, 0.5) is 30.4 Å². The number of anilines is 3. The molecule has 3 aromatic rings. The average molecular weight is 566 g/mol. The maximum atomic E-state index is 12.9. The van der Waals surface area contributed by atoms with Gasteiger partial charge in [0.05, 0.1) is 15.6 Å². The highest BCUT2D eigenvalue weighted by atomic mass is 35.5. The molecule has 0 radical (unpaired) electrons. The van der Waals surface area contributed by atoms with Crippen molar-refractivity contribution in [3.8, 4) is 0 Å². The van der Waals surface area contributed by atoms with E-state index in [0.29, 0.717) is 42.7 Å². The monoisotopic (exact) mass is 564 g/mol. The molecule has 1 N–H and O–H groups in total. The van der Waals surface area contributed by atoms with E-state index in [4.69, 9.17) is 34.8 Å². The van der Waals surface area contributed by atoms with Crippen molar-refractivity contribution in [1.82, 2.24) is 4.98 Å². The number of rotatable bonds is 5. The lowest BCUT2D eigenvalue weighted by Crippen LogP contribution is -2.47. The van der Waals surface area contributed by atoms with Gasteiger partial charge < -0.3 is 9.80 Å². The Labute approximate surface area is 215 Å². The number of hydrogen-bond donors (Lipinski definition) is 1. The van der Waals surface area contributed by atoms with Crippen molar-refractivity contribution < 1.29 is 21.6 Å². The van der Waals surface area contributed by atoms with Crippen molar-refractivity contribution in [2.24, 2.45) is 0 Å². The lowest BCUT2D eigenvalue weighted by molar-refractivity contribution is -0.137. The van der Waals surface area contributed by atoms with E-state index in [9.17, 15) is 21.6 Å². The molecule has 0 amide bonds. The Morgan fingerprint density at radius 3 is 2.06 bits per heavy atom. The molecule has 0 spiro atoms. The van der Waals surface area contributed by atoms with Crippen LogP contribution < -0.4 is 14.5 Å². The van der Waals surface area contributed by atoms with Crippen molar-refractivity contribution in [2.75, 3.05) is 40.7 Å². The van der Waals surface area contributed by atoms with Gasteiger partial charge in [0.2, 0.25) is 0 Å². The molecule has 1 aliphatic rings. The van der Waals surface area contributed by atoms with Crippen LogP contribution in [0.2, 0.25) is 15.1 Å². The molecule has 4 rings (SSSR count). The standard InChI is InChI=1S/C22H18Cl3F3N4O2S/c23-15-1-6-20(18(24)12-15)35(33,34)30-16-2-4-17(5-3-16)31-7-9-32(10-8-31)21-19(25)11-14(13-29-21)22(26,27)28/h1-6,11-13,30H,7-10H2. The number of alkyl halides is 3. The summed E-state index contributed by atoms with van der Waals surface area (Å²) in [5.41, 5.74) is 0.335. The van der Waals surface area contributed by atoms with E-state index in [-0.39, 0.29) is 14.9 Å². The second kappa shape index (κ2) is 9.93. The van der Waals surface area contributed by atoms with Crippen LogP contribution in [0.3, 0.4) is 0 Å². The van der Waals surface area contributed by atoms with Gasteiger partial charge in [-0.15, -0.1) is 0 Å². The quantitative estimate of drug-likeness (QED) is 0.400. The maximum Gasteiger partial charge on any atom is 0.417 e. The normalized spacial score (nSPS) is 14.8. The summed E-state index contributed by atoms with van der Waals surface area (Å²) in [4.78, 5) is 7.74. The maximum absolute atomic E-state index is 12.9. The van der Waals surface area contributed by atoms with E-state index in [1.807, 2.05) is 4.90 Å². The Kier molecular flexibility index (Phi) is 7.28. The number of aromatic nitrogens is 1. The summed E-state index contributed by atoms with van der Waals surface area (Å²) < 4.78 is 66.4. The van der Waals surface area contributed by atoms with E-state index in [1.54, 1.807) is 24.3 Å². The van der Waals surface area contributed by atoms with Crippen LogP contribution in [0.5, 0.6) is 0 Å². The van der Waals surface area contributed by atoms with Gasteiger partial charge in [-0.2, -0.15) is 13.2 Å². The third kappa shape index (κ3) is 5.88. The topological polar surface area (TPSA) is 65.5 Å². The van der Waals surface area contributed by atoms with Crippen LogP contribution in [0.25, 0.3) is 0 Å². The number of pyridine rings is 1. The fraction of sp³-hybridized carbons (Fsp3) is 0.227. The molecule has 186 valence electrons. The number of hydrogen-bond acceptors (Lipinski definition) is 5. The molecule has 1 aliphatic heterocycles. The zero-order valence-electron chi connectivity index (χ0n) is 17.9. The van der Waals surface area contributed by atoms with Gasteiger partial charge in [0.25, 0.3) is 10.0 Å². The molecular formula is C22H18Cl3F3N4O2S. The second-order valence-corrected chi connectivity index (χ2v) is 10.6. The molecule has 35 heavy (non-hydrogen) atoms. The van der Waals surface area contributed by atoms with Crippen molar-refractivity contribution in [3.63, 3.8) is 0 Å². The number of nitrogens with zero attached hydrogens (tertiary/aromatic N) is 3. The molecule has 6 nitrogen and oxygen atoms in total.